The average Bonchev–Trinajstić information content (AvgIpc) is 2.80. The van der Waals surface area contributed by atoms with E-state index in [4.69, 9.17) is 4.42 Å². The lowest BCUT2D eigenvalue weighted by atomic mass is 10.4. The Bertz CT molecular complexity index is 572. The number of oxazole rings is 1. The van der Waals surface area contributed by atoms with Gasteiger partial charge in [0, 0.05) is 7.05 Å². The standard InChI is InChI=1S/C9H9N5O3S/c1-5-6(14(15)16)7(13-8(10-2)12-5)18-9-11-3-4-17-9/h3-4H,1-2H3,(H,10,12,13). The fraction of sp³-hybridized carbons (Fsp3) is 0.222. The molecule has 2 aromatic heterocycles. The zero-order valence-corrected chi connectivity index (χ0v) is 10.4. The van der Waals surface area contributed by atoms with Gasteiger partial charge in [-0.15, -0.1) is 0 Å². The number of hydrogen-bond donors (Lipinski definition) is 1. The second-order valence-electron chi connectivity index (χ2n) is 3.19. The van der Waals surface area contributed by atoms with Crippen molar-refractivity contribution in [1.29, 1.82) is 0 Å². The molecule has 2 aromatic rings. The first-order valence-electron chi connectivity index (χ1n) is 4.90. The van der Waals surface area contributed by atoms with Crippen LogP contribution in [0.4, 0.5) is 11.6 Å². The first-order valence-corrected chi connectivity index (χ1v) is 5.71. The van der Waals surface area contributed by atoms with E-state index in [1.54, 1.807) is 14.0 Å². The molecule has 0 unspecified atom stereocenters. The minimum Gasteiger partial charge on any atom is -0.440 e. The van der Waals surface area contributed by atoms with Gasteiger partial charge in [-0.2, -0.15) is 4.98 Å². The number of aryl methyl sites for hydroxylation is 1. The Morgan fingerprint density at radius 1 is 1.50 bits per heavy atom. The molecular weight excluding hydrogens is 258 g/mol. The fourth-order valence-electron chi connectivity index (χ4n) is 1.28. The van der Waals surface area contributed by atoms with Gasteiger partial charge in [-0.05, 0) is 18.7 Å². The van der Waals surface area contributed by atoms with Crippen molar-refractivity contribution in [3.63, 3.8) is 0 Å². The lowest BCUT2D eigenvalue weighted by Gasteiger charge is -2.04. The minimum absolute atomic E-state index is 0.141. The Labute approximate surface area is 106 Å². The Morgan fingerprint density at radius 2 is 2.28 bits per heavy atom. The van der Waals surface area contributed by atoms with Crippen LogP contribution in [0, 0.1) is 17.0 Å². The Balaban J connectivity index is 2.48. The van der Waals surface area contributed by atoms with Crippen molar-refractivity contribution in [3.8, 4) is 0 Å². The molecular formula is C9H9N5O3S. The van der Waals surface area contributed by atoms with Crippen molar-refractivity contribution < 1.29 is 9.34 Å². The number of nitro groups is 1. The van der Waals surface area contributed by atoms with Gasteiger partial charge in [0.05, 0.1) is 11.1 Å². The number of anilines is 1. The van der Waals surface area contributed by atoms with E-state index in [1.807, 2.05) is 0 Å². The van der Waals surface area contributed by atoms with Gasteiger partial charge >= 0.3 is 5.69 Å². The van der Waals surface area contributed by atoms with Crippen molar-refractivity contribution in [2.24, 2.45) is 0 Å². The van der Waals surface area contributed by atoms with E-state index >= 15 is 0 Å². The lowest BCUT2D eigenvalue weighted by molar-refractivity contribution is -0.389. The first kappa shape index (κ1) is 12.3. The first-order chi connectivity index (χ1) is 8.61. The molecule has 0 aliphatic carbocycles. The molecule has 0 aliphatic heterocycles. The van der Waals surface area contributed by atoms with Gasteiger partial charge in [-0.3, -0.25) is 10.1 Å². The van der Waals surface area contributed by atoms with Crippen molar-refractivity contribution in [3.05, 3.63) is 28.3 Å². The summed E-state index contributed by atoms with van der Waals surface area (Å²) in [6.07, 6.45) is 2.85. The van der Waals surface area contributed by atoms with Crippen LogP contribution in [-0.2, 0) is 0 Å². The molecule has 9 heteroatoms. The molecule has 18 heavy (non-hydrogen) atoms. The molecule has 0 aromatic carbocycles. The molecule has 2 rings (SSSR count). The zero-order valence-electron chi connectivity index (χ0n) is 9.58. The van der Waals surface area contributed by atoms with Gasteiger partial charge in [0.25, 0.3) is 5.22 Å². The highest BCUT2D eigenvalue weighted by atomic mass is 32.2. The summed E-state index contributed by atoms with van der Waals surface area (Å²) in [7, 11) is 1.64. The molecule has 2 heterocycles. The summed E-state index contributed by atoms with van der Waals surface area (Å²) >= 11 is 0.982. The van der Waals surface area contributed by atoms with Crippen LogP contribution in [0.5, 0.6) is 0 Å². The van der Waals surface area contributed by atoms with E-state index in [9.17, 15) is 10.1 Å². The normalized spacial score (nSPS) is 10.3. The SMILES string of the molecule is CNc1nc(C)c([N+](=O)[O-])c(Sc2ncco2)n1. The van der Waals surface area contributed by atoms with Crippen molar-refractivity contribution in [2.75, 3.05) is 12.4 Å². The molecule has 8 nitrogen and oxygen atoms in total. The molecule has 0 radical (unpaired) electrons. The van der Waals surface area contributed by atoms with Crippen LogP contribution in [0.25, 0.3) is 0 Å². The minimum atomic E-state index is -0.514. The maximum absolute atomic E-state index is 11.0. The van der Waals surface area contributed by atoms with Gasteiger partial charge in [0.2, 0.25) is 5.95 Å². The van der Waals surface area contributed by atoms with Gasteiger partial charge < -0.3 is 9.73 Å². The molecule has 0 atom stereocenters. The van der Waals surface area contributed by atoms with Gasteiger partial charge in [0.15, 0.2) is 5.03 Å². The van der Waals surface area contributed by atoms with Crippen LogP contribution in [0.15, 0.2) is 27.1 Å². The predicted molar refractivity (Wildman–Crippen MR) is 63.6 cm³/mol. The second kappa shape index (κ2) is 5.00. The quantitative estimate of drug-likeness (QED) is 0.508. The topological polar surface area (TPSA) is 107 Å². The maximum atomic E-state index is 11.0. The molecule has 94 valence electrons. The van der Waals surface area contributed by atoms with Crippen LogP contribution in [-0.4, -0.2) is 26.9 Å². The largest absolute Gasteiger partial charge is 0.440 e. The molecule has 1 N–H and O–H groups in total. The van der Waals surface area contributed by atoms with Crippen LogP contribution < -0.4 is 5.32 Å². The highest BCUT2D eigenvalue weighted by Gasteiger charge is 2.23. The number of rotatable bonds is 4. The summed E-state index contributed by atoms with van der Waals surface area (Å²) in [4.78, 5) is 22.4. The van der Waals surface area contributed by atoms with Crippen LogP contribution in [0.1, 0.15) is 5.69 Å². The van der Waals surface area contributed by atoms with E-state index in [0.717, 1.165) is 11.8 Å². The fourth-order valence-corrected chi connectivity index (χ4v) is 2.11. The van der Waals surface area contributed by atoms with Crippen LogP contribution in [0.3, 0.4) is 0 Å². The third-order valence-corrected chi connectivity index (χ3v) is 2.88. The lowest BCUT2D eigenvalue weighted by Crippen LogP contribution is -2.04. The smallest absolute Gasteiger partial charge is 0.323 e. The van der Waals surface area contributed by atoms with Gasteiger partial charge in [-0.25, -0.2) is 9.97 Å². The molecule has 0 amide bonds. The molecule has 0 saturated carbocycles. The zero-order chi connectivity index (χ0) is 13.1. The van der Waals surface area contributed by atoms with Gasteiger partial charge in [-0.1, -0.05) is 0 Å². The Hall–Kier alpha value is -2.16. The molecule has 0 bridgehead atoms. The molecule has 0 saturated heterocycles. The van der Waals surface area contributed by atoms with E-state index in [1.165, 1.54) is 12.5 Å². The van der Waals surface area contributed by atoms with Crippen molar-refractivity contribution >= 4 is 23.4 Å². The Kier molecular flexibility index (Phi) is 3.42. The summed E-state index contributed by atoms with van der Waals surface area (Å²) in [5.74, 6) is 0.312. The Morgan fingerprint density at radius 3 is 2.83 bits per heavy atom. The van der Waals surface area contributed by atoms with E-state index in [0.29, 0.717) is 11.2 Å². The second-order valence-corrected chi connectivity index (χ2v) is 4.13. The monoisotopic (exact) mass is 267 g/mol. The molecule has 0 fully saturated rings. The third-order valence-electron chi connectivity index (χ3n) is 2.03. The van der Waals surface area contributed by atoms with Crippen molar-refractivity contribution in [1.82, 2.24) is 15.0 Å². The number of nitrogens with zero attached hydrogens (tertiary/aromatic N) is 4. The van der Waals surface area contributed by atoms with E-state index in [2.05, 4.69) is 20.3 Å². The van der Waals surface area contributed by atoms with Crippen molar-refractivity contribution in [2.45, 2.75) is 17.2 Å². The number of aromatic nitrogens is 3. The summed E-state index contributed by atoms with van der Waals surface area (Å²) in [6.45, 7) is 1.56. The molecule has 0 spiro atoms. The summed E-state index contributed by atoms with van der Waals surface area (Å²) < 4.78 is 5.03. The van der Waals surface area contributed by atoms with Crippen LogP contribution >= 0.6 is 11.8 Å². The highest BCUT2D eigenvalue weighted by molar-refractivity contribution is 7.99. The average molecular weight is 267 g/mol. The molecule has 0 aliphatic rings. The van der Waals surface area contributed by atoms with E-state index in [-0.39, 0.29) is 16.4 Å². The van der Waals surface area contributed by atoms with Crippen LogP contribution in [0.2, 0.25) is 0 Å². The van der Waals surface area contributed by atoms with Gasteiger partial charge in [0.1, 0.15) is 12.0 Å². The highest BCUT2D eigenvalue weighted by Crippen LogP contribution is 2.34. The predicted octanol–water partition coefficient (Wildman–Crippen LogP) is 1.87. The summed E-state index contributed by atoms with van der Waals surface area (Å²) in [5, 5.41) is 14.2. The summed E-state index contributed by atoms with van der Waals surface area (Å²) in [6, 6.07) is 0. The third kappa shape index (κ3) is 2.40. The number of nitrogens with one attached hydrogen (secondary N) is 1. The maximum Gasteiger partial charge on any atom is 0.323 e. The van der Waals surface area contributed by atoms with E-state index < -0.39 is 4.92 Å². The summed E-state index contributed by atoms with van der Waals surface area (Å²) in [5.41, 5.74) is 0.144. The number of hydrogen-bond acceptors (Lipinski definition) is 8.